The minimum atomic E-state index is -0.334. The first-order valence-electron chi connectivity index (χ1n) is 6.54. The third kappa shape index (κ3) is 3.53. The highest BCUT2D eigenvalue weighted by atomic mass is 32.2. The molecule has 0 unspecified atom stereocenters. The molecule has 0 bridgehead atoms. The maximum atomic E-state index is 11.7. The van der Waals surface area contributed by atoms with Crippen molar-refractivity contribution in [1.29, 1.82) is 0 Å². The summed E-state index contributed by atoms with van der Waals surface area (Å²) < 4.78 is 1.59. The lowest BCUT2D eigenvalue weighted by molar-refractivity contribution is 0.0953. The molecule has 0 aliphatic heterocycles. The predicted octanol–water partition coefficient (Wildman–Crippen LogP) is 0.877. The van der Waals surface area contributed by atoms with Crippen LogP contribution < -0.4 is 17.0 Å². The Morgan fingerprint density at radius 2 is 2.24 bits per heavy atom. The minimum Gasteiger partial charge on any atom is -0.290 e. The van der Waals surface area contributed by atoms with Gasteiger partial charge in [-0.2, -0.15) is 0 Å². The maximum absolute atomic E-state index is 11.7. The third-order valence-corrected chi connectivity index (χ3v) is 3.95. The summed E-state index contributed by atoms with van der Waals surface area (Å²) in [6.45, 7) is 2.61. The van der Waals surface area contributed by atoms with Crippen molar-refractivity contribution < 1.29 is 4.79 Å². The van der Waals surface area contributed by atoms with Crippen molar-refractivity contribution in [3.8, 4) is 0 Å². The maximum Gasteiger partial charge on any atom is 0.343 e. The molecule has 0 aliphatic carbocycles. The number of aromatic amines is 1. The Morgan fingerprint density at radius 3 is 2.95 bits per heavy atom. The van der Waals surface area contributed by atoms with Crippen LogP contribution >= 0.6 is 11.8 Å². The van der Waals surface area contributed by atoms with Crippen molar-refractivity contribution in [2.24, 2.45) is 5.84 Å². The quantitative estimate of drug-likeness (QED) is 0.318. The van der Waals surface area contributed by atoms with E-state index in [2.05, 4.69) is 15.6 Å². The fourth-order valence-electron chi connectivity index (χ4n) is 1.92. The minimum absolute atomic E-state index is 0.215. The monoisotopic (exact) mass is 307 g/mol. The molecule has 0 atom stereocenters. The van der Waals surface area contributed by atoms with Crippen molar-refractivity contribution >= 4 is 17.7 Å². The third-order valence-electron chi connectivity index (χ3n) is 2.92. The summed E-state index contributed by atoms with van der Waals surface area (Å²) in [6.07, 6.45) is 0.846. The van der Waals surface area contributed by atoms with Gasteiger partial charge in [0, 0.05) is 17.9 Å². The first kappa shape index (κ1) is 15.3. The van der Waals surface area contributed by atoms with Crippen molar-refractivity contribution in [1.82, 2.24) is 20.2 Å². The van der Waals surface area contributed by atoms with Crippen LogP contribution in [-0.2, 0) is 12.3 Å². The second-order valence-corrected chi connectivity index (χ2v) is 5.32. The van der Waals surface area contributed by atoms with Gasteiger partial charge in [0.25, 0.3) is 5.91 Å². The standard InChI is InChI=1S/C13H17N5O2S/c1-2-7-18-12(20)16-17-13(18)21-8-9-5-3-4-6-10(9)11(19)15-14/h3-6H,2,7-8,14H2,1H3,(H,15,19)(H,16,20). The van der Waals surface area contributed by atoms with Crippen LogP contribution in [0.3, 0.4) is 0 Å². The molecule has 1 aromatic carbocycles. The molecule has 2 rings (SSSR count). The lowest BCUT2D eigenvalue weighted by Crippen LogP contribution is -2.30. The molecule has 7 nitrogen and oxygen atoms in total. The van der Waals surface area contributed by atoms with Gasteiger partial charge in [0.2, 0.25) is 0 Å². The lowest BCUT2D eigenvalue weighted by Gasteiger charge is -2.08. The van der Waals surface area contributed by atoms with Crippen molar-refractivity contribution in [2.45, 2.75) is 30.8 Å². The number of hydrogen-bond acceptors (Lipinski definition) is 5. The summed E-state index contributed by atoms with van der Waals surface area (Å²) >= 11 is 1.40. The smallest absolute Gasteiger partial charge is 0.290 e. The van der Waals surface area contributed by atoms with Crippen molar-refractivity contribution in [2.75, 3.05) is 0 Å². The van der Waals surface area contributed by atoms with Crippen LogP contribution in [0.15, 0.2) is 34.2 Å². The summed E-state index contributed by atoms with van der Waals surface area (Å²) in [5.41, 5.74) is 3.27. The highest BCUT2D eigenvalue weighted by molar-refractivity contribution is 7.98. The number of nitrogens with one attached hydrogen (secondary N) is 2. The van der Waals surface area contributed by atoms with E-state index in [-0.39, 0.29) is 11.6 Å². The van der Waals surface area contributed by atoms with E-state index >= 15 is 0 Å². The topological polar surface area (TPSA) is 106 Å². The number of thioether (sulfide) groups is 1. The summed E-state index contributed by atoms with van der Waals surface area (Å²) in [6, 6.07) is 7.20. The number of H-pyrrole nitrogens is 1. The Hall–Kier alpha value is -2.06. The molecule has 1 amide bonds. The predicted molar refractivity (Wildman–Crippen MR) is 80.8 cm³/mol. The summed E-state index contributed by atoms with van der Waals surface area (Å²) in [7, 11) is 0. The molecular weight excluding hydrogens is 290 g/mol. The van der Waals surface area contributed by atoms with E-state index in [1.807, 2.05) is 19.1 Å². The fraction of sp³-hybridized carbons (Fsp3) is 0.308. The molecular formula is C13H17N5O2S. The second-order valence-electron chi connectivity index (χ2n) is 4.38. The number of amides is 1. The van der Waals surface area contributed by atoms with Gasteiger partial charge in [-0.05, 0) is 18.1 Å². The Kier molecular flexibility index (Phi) is 5.18. The molecule has 1 aromatic heterocycles. The van der Waals surface area contributed by atoms with Gasteiger partial charge in [-0.15, -0.1) is 5.10 Å². The van der Waals surface area contributed by atoms with Gasteiger partial charge < -0.3 is 0 Å². The molecule has 21 heavy (non-hydrogen) atoms. The van der Waals surface area contributed by atoms with E-state index in [0.717, 1.165) is 12.0 Å². The van der Waals surface area contributed by atoms with Gasteiger partial charge in [-0.3, -0.25) is 14.8 Å². The number of nitrogens with two attached hydrogens (primary N) is 1. The van der Waals surface area contributed by atoms with E-state index in [9.17, 15) is 9.59 Å². The number of nitrogens with zero attached hydrogens (tertiary/aromatic N) is 2. The first-order valence-corrected chi connectivity index (χ1v) is 7.52. The SMILES string of the molecule is CCCn1c(SCc2ccccc2C(=O)NN)n[nH]c1=O. The largest absolute Gasteiger partial charge is 0.343 e. The van der Waals surface area contributed by atoms with Gasteiger partial charge in [0.15, 0.2) is 5.16 Å². The van der Waals surface area contributed by atoms with E-state index in [4.69, 9.17) is 5.84 Å². The highest BCUT2D eigenvalue weighted by Gasteiger charge is 2.12. The summed E-state index contributed by atoms with van der Waals surface area (Å²) in [5, 5.41) is 7.07. The number of benzene rings is 1. The van der Waals surface area contributed by atoms with Crippen LogP contribution in [0.25, 0.3) is 0 Å². The Bertz CT molecular complexity index is 679. The summed E-state index contributed by atoms with van der Waals surface area (Å²) in [5.74, 6) is 5.37. The van der Waals surface area contributed by atoms with Crippen molar-refractivity contribution in [3.05, 3.63) is 45.9 Å². The Labute approximate surface area is 125 Å². The molecule has 0 aliphatic rings. The van der Waals surface area contributed by atoms with Crippen molar-refractivity contribution in [3.63, 3.8) is 0 Å². The number of carbonyl (C=O) groups is 1. The number of rotatable bonds is 6. The number of nitrogen functional groups attached to an aromatic ring is 1. The molecule has 4 N–H and O–H groups in total. The molecule has 0 saturated carbocycles. The van der Waals surface area contributed by atoms with Crippen LogP contribution in [-0.4, -0.2) is 20.7 Å². The van der Waals surface area contributed by atoms with Gasteiger partial charge >= 0.3 is 5.69 Å². The van der Waals surface area contributed by atoms with Crippen LogP contribution in [0.5, 0.6) is 0 Å². The molecule has 112 valence electrons. The fourth-order valence-corrected chi connectivity index (χ4v) is 2.90. The lowest BCUT2D eigenvalue weighted by atomic mass is 10.1. The Morgan fingerprint density at radius 1 is 1.48 bits per heavy atom. The zero-order valence-corrected chi connectivity index (χ0v) is 12.4. The number of aromatic nitrogens is 3. The van der Waals surface area contributed by atoms with E-state index in [1.54, 1.807) is 16.7 Å². The molecule has 0 spiro atoms. The van der Waals surface area contributed by atoms with E-state index in [1.165, 1.54) is 11.8 Å². The molecule has 2 aromatic rings. The summed E-state index contributed by atoms with van der Waals surface area (Å²) in [4.78, 5) is 23.3. The number of hydrazine groups is 1. The zero-order chi connectivity index (χ0) is 15.2. The van der Waals surface area contributed by atoms with Gasteiger partial charge in [-0.25, -0.2) is 15.7 Å². The highest BCUT2D eigenvalue weighted by Crippen LogP contribution is 2.22. The molecule has 0 fully saturated rings. The Balaban J connectivity index is 2.17. The zero-order valence-electron chi connectivity index (χ0n) is 11.6. The van der Waals surface area contributed by atoms with E-state index in [0.29, 0.717) is 23.0 Å². The van der Waals surface area contributed by atoms with Gasteiger partial charge in [-0.1, -0.05) is 36.9 Å². The number of carbonyl (C=O) groups excluding carboxylic acids is 1. The molecule has 0 radical (unpaired) electrons. The van der Waals surface area contributed by atoms with Gasteiger partial charge in [0.05, 0.1) is 0 Å². The first-order chi connectivity index (χ1) is 10.2. The average molecular weight is 307 g/mol. The van der Waals surface area contributed by atoms with Crippen LogP contribution in [0.4, 0.5) is 0 Å². The second kappa shape index (κ2) is 7.09. The van der Waals surface area contributed by atoms with E-state index < -0.39 is 0 Å². The van der Waals surface area contributed by atoms with Gasteiger partial charge in [0.1, 0.15) is 0 Å². The molecule has 0 saturated heterocycles. The van der Waals surface area contributed by atoms with Crippen LogP contribution in [0.2, 0.25) is 0 Å². The normalized spacial score (nSPS) is 10.6. The molecule has 1 heterocycles. The number of hydrogen-bond donors (Lipinski definition) is 3. The van der Waals surface area contributed by atoms with Crippen LogP contribution in [0.1, 0.15) is 29.3 Å². The van der Waals surface area contributed by atoms with Crippen LogP contribution in [0, 0.1) is 0 Å². The average Bonchev–Trinajstić information content (AvgIpc) is 2.86. The molecule has 8 heteroatoms.